The van der Waals surface area contributed by atoms with Gasteiger partial charge in [-0.15, -0.1) is 0 Å². The Balaban J connectivity index is 0.00000106. The van der Waals surface area contributed by atoms with E-state index in [-0.39, 0.29) is 0 Å². The first-order valence-electron chi connectivity index (χ1n) is 6.85. The van der Waals surface area contributed by atoms with Crippen molar-refractivity contribution in [3.05, 3.63) is 0 Å². The molecule has 0 saturated carbocycles. The lowest BCUT2D eigenvalue weighted by Gasteiger charge is -2.15. The van der Waals surface area contributed by atoms with Crippen molar-refractivity contribution >= 4 is 0 Å². The van der Waals surface area contributed by atoms with E-state index in [0.717, 1.165) is 5.92 Å². The van der Waals surface area contributed by atoms with Crippen molar-refractivity contribution in [3.8, 4) is 6.57 Å². The highest BCUT2D eigenvalue weighted by Crippen LogP contribution is 2.21. The highest BCUT2D eigenvalue weighted by molar-refractivity contribution is 4.74. The fourth-order valence-corrected chi connectivity index (χ4v) is 2.52. The molecule has 2 heteroatoms. The number of likely N-dealkylation sites (tertiary alicyclic amines) is 1. The Morgan fingerprint density at radius 3 is 2.50 bits per heavy atom. The van der Waals surface area contributed by atoms with Crippen LogP contribution in [0.25, 0.3) is 0 Å². The molecule has 1 unspecified atom stereocenters. The van der Waals surface area contributed by atoms with Gasteiger partial charge in [-0.05, 0) is 38.3 Å². The standard InChI is InChI=1S/C13H27N.CHN/c1-3-5-6-7-10-14-11-9-13(12-14)8-4-2;1-2/h13H,3-12H2,1-2H3;1H. The fraction of sp³-hybridized carbons (Fsp3) is 0.929. The summed E-state index contributed by atoms with van der Waals surface area (Å²) in [5.74, 6) is 1.02. The second kappa shape index (κ2) is 11.0. The van der Waals surface area contributed by atoms with Gasteiger partial charge in [-0.25, -0.2) is 5.26 Å². The van der Waals surface area contributed by atoms with E-state index < -0.39 is 0 Å². The van der Waals surface area contributed by atoms with Gasteiger partial charge in [0.1, 0.15) is 0 Å². The number of nitriles is 1. The third kappa shape index (κ3) is 6.85. The molecule has 1 atom stereocenters. The topological polar surface area (TPSA) is 27.0 Å². The third-order valence-electron chi connectivity index (χ3n) is 3.39. The number of rotatable bonds is 7. The minimum atomic E-state index is 1.02. The molecular formula is C14H28N2. The molecule has 0 bridgehead atoms. The van der Waals surface area contributed by atoms with Crippen LogP contribution in [0, 0.1) is 17.8 Å². The van der Waals surface area contributed by atoms with Crippen molar-refractivity contribution < 1.29 is 0 Å². The lowest BCUT2D eigenvalue weighted by Crippen LogP contribution is -2.21. The predicted molar refractivity (Wildman–Crippen MR) is 70.3 cm³/mol. The first-order chi connectivity index (χ1) is 7.86. The second-order valence-corrected chi connectivity index (χ2v) is 4.80. The molecule has 0 amide bonds. The van der Waals surface area contributed by atoms with Crippen LogP contribution in [-0.4, -0.2) is 24.5 Å². The van der Waals surface area contributed by atoms with Gasteiger partial charge in [0, 0.05) is 13.1 Å². The second-order valence-electron chi connectivity index (χ2n) is 4.80. The van der Waals surface area contributed by atoms with Crippen LogP contribution >= 0.6 is 0 Å². The molecule has 0 spiro atoms. The van der Waals surface area contributed by atoms with E-state index in [1.165, 1.54) is 64.6 Å². The zero-order valence-corrected chi connectivity index (χ0v) is 11.1. The van der Waals surface area contributed by atoms with Crippen LogP contribution in [0.5, 0.6) is 0 Å². The minimum Gasteiger partial charge on any atom is -0.303 e. The first-order valence-corrected chi connectivity index (χ1v) is 6.85. The lowest BCUT2D eigenvalue weighted by molar-refractivity contribution is 0.311. The molecule has 0 aromatic heterocycles. The molecule has 1 saturated heterocycles. The van der Waals surface area contributed by atoms with E-state index in [0.29, 0.717) is 0 Å². The van der Waals surface area contributed by atoms with Gasteiger partial charge >= 0.3 is 0 Å². The highest BCUT2D eigenvalue weighted by Gasteiger charge is 2.20. The quantitative estimate of drug-likeness (QED) is 0.615. The summed E-state index contributed by atoms with van der Waals surface area (Å²) in [6.45, 7) is 12.2. The maximum atomic E-state index is 6.50. The summed E-state index contributed by atoms with van der Waals surface area (Å²) in [4.78, 5) is 2.68. The van der Waals surface area contributed by atoms with Crippen LogP contribution in [0.2, 0.25) is 0 Å². The highest BCUT2D eigenvalue weighted by atomic mass is 15.1. The molecule has 0 aromatic carbocycles. The third-order valence-corrected chi connectivity index (χ3v) is 3.39. The van der Waals surface area contributed by atoms with E-state index in [4.69, 9.17) is 5.26 Å². The van der Waals surface area contributed by atoms with Crippen molar-refractivity contribution in [3.63, 3.8) is 0 Å². The average molecular weight is 224 g/mol. The molecule has 16 heavy (non-hydrogen) atoms. The Morgan fingerprint density at radius 2 is 1.88 bits per heavy atom. The van der Waals surface area contributed by atoms with Gasteiger partial charge in [0.25, 0.3) is 0 Å². The maximum absolute atomic E-state index is 6.50. The van der Waals surface area contributed by atoms with Crippen molar-refractivity contribution in [1.82, 2.24) is 4.90 Å². The summed E-state index contributed by atoms with van der Waals surface area (Å²) in [5, 5.41) is 6.50. The van der Waals surface area contributed by atoms with Gasteiger partial charge in [0.2, 0.25) is 0 Å². The molecule has 0 N–H and O–H groups in total. The van der Waals surface area contributed by atoms with Gasteiger partial charge in [0.05, 0.1) is 0 Å². The molecule has 1 heterocycles. The van der Waals surface area contributed by atoms with E-state index in [1.54, 1.807) is 0 Å². The molecule has 1 rings (SSSR count). The predicted octanol–water partition coefficient (Wildman–Crippen LogP) is 3.83. The minimum absolute atomic E-state index is 1.02. The largest absolute Gasteiger partial charge is 0.303 e. The Labute approximate surface area is 102 Å². The summed E-state index contributed by atoms with van der Waals surface area (Å²) >= 11 is 0. The Bertz CT molecular complexity index is 165. The van der Waals surface area contributed by atoms with E-state index in [9.17, 15) is 0 Å². The zero-order valence-electron chi connectivity index (χ0n) is 11.1. The van der Waals surface area contributed by atoms with Gasteiger partial charge in [0.15, 0.2) is 0 Å². The monoisotopic (exact) mass is 224 g/mol. The molecule has 0 aliphatic carbocycles. The van der Waals surface area contributed by atoms with Crippen LogP contribution in [0.3, 0.4) is 0 Å². The molecule has 0 radical (unpaired) electrons. The molecule has 1 fully saturated rings. The van der Waals surface area contributed by atoms with E-state index in [1.807, 2.05) is 0 Å². The van der Waals surface area contributed by atoms with Crippen LogP contribution in [-0.2, 0) is 0 Å². The summed E-state index contributed by atoms with van der Waals surface area (Å²) in [6, 6.07) is 0. The first kappa shape index (κ1) is 15.4. The van der Waals surface area contributed by atoms with Crippen LogP contribution in [0.15, 0.2) is 0 Å². The molecule has 2 nitrogen and oxygen atoms in total. The van der Waals surface area contributed by atoms with Crippen LogP contribution in [0.4, 0.5) is 0 Å². The number of nitrogens with zero attached hydrogens (tertiary/aromatic N) is 2. The van der Waals surface area contributed by atoms with Crippen LogP contribution < -0.4 is 0 Å². The van der Waals surface area contributed by atoms with Crippen LogP contribution in [0.1, 0.15) is 58.8 Å². The van der Waals surface area contributed by atoms with Gasteiger partial charge < -0.3 is 4.90 Å². The molecule has 94 valence electrons. The summed E-state index contributed by atoms with van der Waals surface area (Å²) in [5.41, 5.74) is 0. The zero-order chi connectivity index (χ0) is 12.2. The van der Waals surface area contributed by atoms with Gasteiger partial charge in [-0.1, -0.05) is 39.5 Å². The van der Waals surface area contributed by atoms with E-state index >= 15 is 0 Å². The van der Waals surface area contributed by atoms with Crippen molar-refractivity contribution in [2.45, 2.75) is 58.8 Å². The summed E-state index contributed by atoms with van der Waals surface area (Å²) in [7, 11) is 0. The average Bonchev–Trinajstić information content (AvgIpc) is 2.76. The molecule has 0 aromatic rings. The number of hydrogen-bond acceptors (Lipinski definition) is 2. The molecular weight excluding hydrogens is 196 g/mol. The lowest BCUT2D eigenvalue weighted by atomic mass is 10.0. The molecule has 1 aliphatic heterocycles. The summed E-state index contributed by atoms with van der Waals surface area (Å²) in [6.07, 6.45) is 9.92. The number of unbranched alkanes of at least 4 members (excludes halogenated alkanes) is 3. The van der Waals surface area contributed by atoms with Crippen molar-refractivity contribution in [2.24, 2.45) is 5.92 Å². The maximum Gasteiger partial charge on any atom is 0.0462 e. The van der Waals surface area contributed by atoms with Crippen molar-refractivity contribution in [1.29, 1.82) is 5.26 Å². The Kier molecular flexibility index (Phi) is 10.6. The van der Waals surface area contributed by atoms with Gasteiger partial charge in [-0.3, -0.25) is 0 Å². The van der Waals surface area contributed by atoms with Crippen molar-refractivity contribution in [2.75, 3.05) is 19.6 Å². The van der Waals surface area contributed by atoms with E-state index in [2.05, 4.69) is 25.3 Å². The normalized spacial score (nSPS) is 20.4. The Hall–Kier alpha value is -0.550. The Morgan fingerprint density at radius 1 is 1.12 bits per heavy atom. The fourth-order valence-electron chi connectivity index (χ4n) is 2.52. The molecule has 1 aliphatic rings. The van der Waals surface area contributed by atoms with Gasteiger partial charge in [-0.2, -0.15) is 0 Å². The SMILES string of the molecule is C#N.CCCCCCN1CCC(CCC)C1. The number of hydrogen-bond donors (Lipinski definition) is 0. The summed E-state index contributed by atoms with van der Waals surface area (Å²) < 4.78 is 0. The smallest absolute Gasteiger partial charge is 0.0462 e.